The van der Waals surface area contributed by atoms with Crippen LogP contribution in [0.1, 0.15) is 61.0 Å². The van der Waals surface area contributed by atoms with Crippen LogP contribution < -0.4 is 10.6 Å². The largest absolute Gasteiger partial charge is 0.462 e. The second-order valence-corrected chi connectivity index (χ2v) is 7.14. The highest BCUT2D eigenvalue weighted by atomic mass is 16.5. The van der Waals surface area contributed by atoms with Gasteiger partial charge in [-0.2, -0.15) is 0 Å². The van der Waals surface area contributed by atoms with E-state index < -0.39 is 17.8 Å². The predicted molar refractivity (Wildman–Crippen MR) is 114 cm³/mol. The van der Waals surface area contributed by atoms with Gasteiger partial charge in [0.1, 0.15) is 0 Å². The first-order valence-corrected chi connectivity index (χ1v) is 9.83. The molecule has 154 valence electrons. The van der Waals surface area contributed by atoms with Gasteiger partial charge in [-0.25, -0.2) is 4.79 Å². The number of benzene rings is 2. The SMILES string of the molecule is CCCCOC(=O)c1ccccc1NC(=O)C(=O)Nc1c(C)cccc1C(C)C. The van der Waals surface area contributed by atoms with Crippen LogP contribution in [0.25, 0.3) is 0 Å². The van der Waals surface area contributed by atoms with Gasteiger partial charge in [-0.3, -0.25) is 9.59 Å². The Morgan fingerprint density at radius 2 is 1.66 bits per heavy atom. The van der Waals surface area contributed by atoms with Gasteiger partial charge in [-0.1, -0.05) is 57.5 Å². The number of esters is 1. The summed E-state index contributed by atoms with van der Waals surface area (Å²) in [5.41, 5.74) is 2.91. The van der Waals surface area contributed by atoms with E-state index in [9.17, 15) is 14.4 Å². The number of anilines is 2. The summed E-state index contributed by atoms with van der Waals surface area (Å²) < 4.78 is 5.21. The number of carbonyl (C=O) groups is 3. The van der Waals surface area contributed by atoms with E-state index in [1.54, 1.807) is 24.3 Å². The zero-order valence-electron chi connectivity index (χ0n) is 17.4. The second kappa shape index (κ2) is 10.4. The van der Waals surface area contributed by atoms with Gasteiger partial charge >= 0.3 is 17.8 Å². The molecule has 0 aromatic heterocycles. The van der Waals surface area contributed by atoms with Gasteiger partial charge in [-0.15, -0.1) is 0 Å². The molecule has 0 spiro atoms. The molecule has 2 rings (SSSR count). The highest BCUT2D eigenvalue weighted by Crippen LogP contribution is 2.27. The molecule has 0 saturated carbocycles. The molecule has 2 aromatic carbocycles. The van der Waals surface area contributed by atoms with Gasteiger partial charge in [0.2, 0.25) is 0 Å². The van der Waals surface area contributed by atoms with Gasteiger partial charge in [-0.05, 0) is 42.5 Å². The summed E-state index contributed by atoms with van der Waals surface area (Å²) in [7, 11) is 0. The molecule has 6 nitrogen and oxygen atoms in total. The Morgan fingerprint density at radius 1 is 0.966 bits per heavy atom. The summed E-state index contributed by atoms with van der Waals surface area (Å²) in [5.74, 6) is -1.99. The fourth-order valence-electron chi connectivity index (χ4n) is 2.85. The van der Waals surface area contributed by atoms with Crippen molar-refractivity contribution in [3.05, 3.63) is 59.2 Å². The van der Waals surface area contributed by atoms with Crippen molar-refractivity contribution in [3.8, 4) is 0 Å². The summed E-state index contributed by atoms with van der Waals surface area (Å²) >= 11 is 0. The maximum absolute atomic E-state index is 12.5. The van der Waals surface area contributed by atoms with Crippen LogP contribution in [0, 0.1) is 6.92 Å². The second-order valence-electron chi connectivity index (χ2n) is 7.14. The van der Waals surface area contributed by atoms with E-state index in [2.05, 4.69) is 10.6 Å². The molecule has 2 aromatic rings. The normalized spacial score (nSPS) is 10.5. The lowest BCUT2D eigenvalue weighted by atomic mass is 9.98. The maximum Gasteiger partial charge on any atom is 0.340 e. The minimum absolute atomic E-state index is 0.187. The lowest BCUT2D eigenvalue weighted by molar-refractivity contribution is -0.133. The van der Waals surface area contributed by atoms with Crippen molar-refractivity contribution in [2.75, 3.05) is 17.2 Å². The van der Waals surface area contributed by atoms with E-state index >= 15 is 0 Å². The number of ether oxygens (including phenoxy) is 1. The number of nitrogens with one attached hydrogen (secondary N) is 2. The quantitative estimate of drug-likeness (QED) is 0.405. The van der Waals surface area contributed by atoms with Crippen molar-refractivity contribution in [2.45, 2.75) is 46.5 Å². The van der Waals surface area contributed by atoms with E-state index in [0.29, 0.717) is 12.3 Å². The third-order valence-electron chi connectivity index (χ3n) is 4.50. The van der Waals surface area contributed by atoms with E-state index in [4.69, 9.17) is 4.74 Å². The molecular weight excluding hydrogens is 368 g/mol. The zero-order valence-corrected chi connectivity index (χ0v) is 17.4. The molecule has 2 N–H and O–H groups in total. The average molecular weight is 396 g/mol. The van der Waals surface area contributed by atoms with Gasteiger partial charge in [0.15, 0.2) is 0 Å². The van der Waals surface area contributed by atoms with E-state index in [-0.39, 0.29) is 17.2 Å². The summed E-state index contributed by atoms with van der Waals surface area (Å²) in [5, 5.41) is 5.22. The van der Waals surface area contributed by atoms with Crippen molar-refractivity contribution >= 4 is 29.2 Å². The third kappa shape index (κ3) is 5.91. The first-order valence-electron chi connectivity index (χ1n) is 9.83. The molecular formula is C23H28N2O4. The van der Waals surface area contributed by atoms with Crippen molar-refractivity contribution in [1.29, 1.82) is 0 Å². The number of amides is 2. The molecule has 0 unspecified atom stereocenters. The molecule has 0 heterocycles. The van der Waals surface area contributed by atoms with Crippen LogP contribution in [-0.2, 0) is 14.3 Å². The number of unbranched alkanes of at least 4 members (excludes halogenated alkanes) is 1. The predicted octanol–water partition coefficient (Wildman–Crippen LogP) is 4.65. The zero-order chi connectivity index (χ0) is 21.4. The molecule has 0 aliphatic heterocycles. The topological polar surface area (TPSA) is 84.5 Å². The van der Waals surface area contributed by atoms with Crippen molar-refractivity contribution in [2.24, 2.45) is 0 Å². The Bertz CT molecular complexity index is 890. The van der Waals surface area contributed by atoms with Gasteiger partial charge in [0.05, 0.1) is 17.9 Å². The lowest BCUT2D eigenvalue weighted by Gasteiger charge is -2.16. The summed E-state index contributed by atoms with van der Waals surface area (Å²) in [4.78, 5) is 37.2. The Labute approximate surface area is 171 Å². The number of carbonyl (C=O) groups excluding carboxylic acids is 3. The van der Waals surface area contributed by atoms with Crippen molar-refractivity contribution < 1.29 is 19.1 Å². The minimum atomic E-state index is -0.850. The molecule has 0 bridgehead atoms. The van der Waals surface area contributed by atoms with Crippen LogP contribution in [0.5, 0.6) is 0 Å². The highest BCUT2D eigenvalue weighted by Gasteiger charge is 2.20. The number of hydrogen-bond acceptors (Lipinski definition) is 4. The van der Waals surface area contributed by atoms with Crippen LogP contribution in [0.2, 0.25) is 0 Å². The summed E-state index contributed by atoms with van der Waals surface area (Å²) in [6.45, 7) is 8.22. The fraction of sp³-hybridized carbons (Fsp3) is 0.348. The van der Waals surface area contributed by atoms with Crippen molar-refractivity contribution in [1.82, 2.24) is 0 Å². The van der Waals surface area contributed by atoms with Gasteiger partial charge < -0.3 is 15.4 Å². The Kier molecular flexibility index (Phi) is 7.95. The van der Waals surface area contributed by atoms with E-state index in [1.165, 1.54) is 0 Å². The van der Waals surface area contributed by atoms with E-state index in [1.807, 2.05) is 45.9 Å². The molecule has 0 atom stereocenters. The summed E-state index contributed by atoms with van der Waals surface area (Å²) in [6.07, 6.45) is 1.67. The number of aryl methyl sites for hydroxylation is 1. The molecule has 0 aliphatic carbocycles. The Hall–Kier alpha value is -3.15. The molecule has 0 radical (unpaired) electrons. The number of rotatable bonds is 7. The first kappa shape index (κ1) is 22.1. The van der Waals surface area contributed by atoms with Gasteiger partial charge in [0, 0.05) is 5.69 Å². The maximum atomic E-state index is 12.5. The molecule has 0 saturated heterocycles. The van der Waals surface area contributed by atoms with Gasteiger partial charge in [0.25, 0.3) is 0 Å². The fourth-order valence-corrected chi connectivity index (χ4v) is 2.85. The molecule has 0 aliphatic rings. The molecule has 29 heavy (non-hydrogen) atoms. The van der Waals surface area contributed by atoms with E-state index in [0.717, 1.165) is 24.0 Å². The Morgan fingerprint density at radius 3 is 2.34 bits per heavy atom. The van der Waals surface area contributed by atoms with Crippen molar-refractivity contribution in [3.63, 3.8) is 0 Å². The van der Waals surface area contributed by atoms with Crippen LogP contribution in [0.3, 0.4) is 0 Å². The smallest absolute Gasteiger partial charge is 0.340 e. The summed E-state index contributed by atoms with van der Waals surface area (Å²) in [6, 6.07) is 12.2. The number of hydrogen-bond donors (Lipinski definition) is 2. The standard InChI is InChI=1S/C23H28N2O4/c1-5-6-14-29-23(28)18-11-7-8-13-19(18)24-21(26)22(27)25-20-16(4)10-9-12-17(20)15(2)3/h7-13,15H,5-6,14H2,1-4H3,(H,24,26)(H,25,27). The lowest BCUT2D eigenvalue weighted by Crippen LogP contribution is -2.30. The average Bonchev–Trinajstić information content (AvgIpc) is 2.69. The van der Waals surface area contributed by atoms with Crippen LogP contribution in [0.4, 0.5) is 11.4 Å². The molecule has 0 fully saturated rings. The van der Waals surface area contributed by atoms with Crippen LogP contribution in [-0.4, -0.2) is 24.4 Å². The van der Waals surface area contributed by atoms with Crippen LogP contribution in [0.15, 0.2) is 42.5 Å². The molecule has 6 heteroatoms. The minimum Gasteiger partial charge on any atom is -0.462 e. The number of para-hydroxylation sites is 2. The Balaban J connectivity index is 2.14. The highest BCUT2D eigenvalue weighted by molar-refractivity contribution is 6.44. The van der Waals surface area contributed by atoms with Crippen LogP contribution >= 0.6 is 0 Å². The first-order chi connectivity index (χ1) is 13.8. The third-order valence-corrected chi connectivity index (χ3v) is 4.50. The molecule has 2 amide bonds. The monoisotopic (exact) mass is 396 g/mol.